The summed E-state index contributed by atoms with van der Waals surface area (Å²) in [6.07, 6.45) is 2.73. The van der Waals surface area contributed by atoms with Crippen LogP contribution in [0.2, 0.25) is 0 Å². The van der Waals surface area contributed by atoms with E-state index in [9.17, 15) is 9.59 Å². The van der Waals surface area contributed by atoms with Crippen molar-refractivity contribution >= 4 is 33.4 Å². The van der Waals surface area contributed by atoms with Gasteiger partial charge in [-0.2, -0.15) is 0 Å². The fraction of sp³-hybridized carbons (Fsp3) is 0.364. The second kappa shape index (κ2) is 14.1. The molecule has 150 valence electrons. The van der Waals surface area contributed by atoms with E-state index in [1.807, 2.05) is 36.4 Å². The van der Waals surface area contributed by atoms with E-state index in [1.165, 1.54) is 11.1 Å². The van der Waals surface area contributed by atoms with E-state index in [1.54, 1.807) is 21.6 Å². The molecule has 0 aliphatic heterocycles. The molecule has 6 heteroatoms. The smallest absolute Gasteiger partial charge is 0.220 e. The minimum Gasteiger partial charge on any atom is -0.356 e. The van der Waals surface area contributed by atoms with Crippen LogP contribution in [0.5, 0.6) is 0 Å². The van der Waals surface area contributed by atoms with Crippen LogP contribution in [0.1, 0.15) is 24.0 Å². The first kappa shape index (κ1) is 22.4. The van der Waals surface area contributed by atoms with Crippen molar-refractivity contribution < 1.29 is 9.59 Å². The molecule has 28 heavy (non-hydrogen) atoms. The summed E-state index contributed by atoms with van der Waals surface area (Å²) in [5, 5.41) is 5.90. The SMILES string of the molecule is O=C(CCSSCCC(=O)NCCc1ccccc1)NCCc1ccccc1. The number of amides is 2. The van der Waals surface area contributed by atoms with Crippen LogP contribution in [0.4, 0.5) is 0 Å². The van der Waals surface area contributed by atoms with Crippen molar-refractivity contribution in [3.63, 3.8) is 0 Å². The zero-order chi connectivity index (χ0) is 19.9. The Balaban J connectivity index is 1.40. The van der Waals surface area contributed by atoms with Crippen molar-refractivity contribution in [1.29, 1.82) is 0 Å². The molecule has 0 aliphatic carbocycles. The average molecular weight is 417 g/mol. The van der Waals surface area contributed by atoms with Crippen molar-refractivity contribution in [3.8, 4) is 0 Å². The molecule has 0 aromatic heterocycles. The van der Waals surface area contributed by atoms with Crippen LogP contribution in [-0.2, 0) is 22.4 Å². The number of hydrogen-bond donors (Lipinski definition) is 2. The Kier molecular flexibility index (Phi) is 11.3. The standard InChI is InChI=1S/C22H28N2O2S2/c25-21(23-15-11-19-7-3-1-4-8-19)13-17-27-28-18-14-22(26)24-16-12-20-9-5-2-6-10-20/h1-10H,11-18H2,(H,23,25)(H,24,26). The molecule has 4 nitrogen and oxygen atoms in total. The van der Waals surface area contributed by atoms with Crippen molar-refractivity contribution in [2.45, 2.75) is 25.7 Å². The van der Waals surface area contributed by atoms with E-state index in [0.29, 0.717) is 25.9 Å². The second-order valence-electron chi connectivity index (χ2n) is 6.32. The predicted molar refractivity (Wildman–Crippen MR) is 120 cm³/mol. The van der Waals surface area contributed by atoms with Gasteiger partial charge in [-0.05, 0) is 24.0 Å². The van der Waals surface area contributed by atoms with Gasteiger partial charge in [0.25, 0.3) is 0 Å². The number of benzene rings is 2. The Morgan fingerprint density at radius 1 is 0.643 bits per heavy atom. The predicted octanol–water partition coefficient (Wildman–Crippen LogP) is 3.87. The highest BCUT2D eigenvalue weighted by Crippen LogP contribution is 2.22. The van der Waals surface area contributed by atoms with Gasteiger partial charge in [-0.1, -0.05) is 82.3 Å². The first-order valence-corrected chi connectivity index (χ1v) is 12.1. The lowest BCUT2D eigenvalue weighted by Gasteiger charge is -2.06. The van der Waals surface area contributed by atoms with Crippen LogP contribution in [-0.4, -0.2) is 36.4 Å². The number of nitrogens with one attached hydrogen (secondary N) is 2. The van der Waals surface area contributed by atoms with Crippen molar-refractivity contribution in [1.82, 2.24) is 10.6 Å². The summed E-state index contributed by atoms with van der Waals surface area (Å²) in [7, 11) is 3.30. The molecule has 2 N–H and O–H groups in total. The fourth-order valence-electron chi connectivity index (χ4n) is 2.55. The number of rotatable bonds is 13. The van der Waals surface area contributed by atoms with Gasteiger partial charge in [-0.25, -0.2) is 0 Å². The van der Waals surface area contributed by atoms with Crippen LogP contribution < -0.4 is 10.6 Å². The van der Waals surface area contributed by atoms with Gasteiger partial charge in [0.15, 0.2) is 0 Å². The maximum absolute atomic E-state index is 11.8. The van der Waals surface area contributed by atoms with Crippen molar-refractivity contribution in [3.05, 3.63) is 71.8 Å². The molecular formula is C22H28N2O2S2. The van der Waals surface area contributed by atoms with Crippen LogP contribution in [0.25, 0.3) is 0 Å². The maximum atomic E-state index is 11.8. The lowest BCUT2D eigenvalue weighted by atomic mass is 10.1. The third-order valence-corrected chi connectivity index (χ3v) is 6.47. The van der Waals surface area contributed by atoms with Gasteiger partial charge in [0.2, 0.25) is 11.8 Å². The normalized spacial score (nSPS) is 10.4. The van der Waals surface area contributed by atoms with E-state index >= 15 is 0 Å². The van der Waals surface area contributed by atoms with Gasteiger partial charge in [0.05, 0.1) is 0 Å². The van der Waals surface area contributed by atoms with E-state index in [-0.39, 0.29) is 11.8 Å². The van der Waals surface area contributed by atoms with Crippen molar-refractivity contribution in [2.75, 3.05) is 24.6 Å². The Morgan fingerprint density at radius 3 is 1.43 bits per heavy atom. The van der Waals surface area contributed by atoms with Crippen LogP contribution in [0.3, 0.4) is 0 Å². The molecule has 0 saturated carbocycles. The number of hydrogen-bond acceptors (Lipinski definition) is 4. The Hall–Kier alpha value is -1.92. The number of carbonyl (C=O) groups is 2. The summed E-state index contributed by atoms with van der Waals surface area (Å²) in [4.78, 5) is 23.6. The molecule has 2 aromatic carbocycles. The summed E-state index contributed by atoms with van der Waals surface area (Å²) < 4.78 is 0. The Bertz CT molecular complexity index is 635. The third kappa shape index (κ3) is 10.4. The minimum atomic E-state index is 0.0858. The molecule has 2 aromatic rings. The molecule has 0 spiro atoms. The Morgan fingerprint density at radius 2 is 1.04 bits per heavy atom. The van der Waals surface area contributed by atoms with Gasteiger partial charge >= 0.3 is 0 Å². The molecular weight excluding hydrogens is 388 g/mol. The highest BCUT2D eigenvalue weighted by Gasteiger charge is 2.04. The van der Waals surface area contributed by atoms with Crippen LogP contribution in [0, 0.1) is 0 Å². The molecule has 2 rings (SSSR count). The molecule has 0 radical (unpaired) electrons. The monoisotopic (exact) mass is 416 g/mol. The molecule has 0 aliphatic rings. The van der Waals surface area contributed by atoms with Crippen molar-refractivity contribution in [2.24, 2.45) is 0 Å². The van der Waals surface area contributed by atoms with Gasteiger partial charge in [-0.15, -0.1) is 0 Å². The molecule has 0 saturated heterocycles. The molecule has 0 heterocycles. The summed E-state index contributed by atoms with van der Waals surface area (Å²) in [6.45, 7) is 1.34. The zero-order valence-corrected chi connectivity index (χ0v) is 17.7. The van der Waals surface area contributed by atoms with E-state index in [2.05, 4.69) is 34.9 Å². The van der Waals surface area contributed by atoms with Gasteiger partial charge in [0.1, 0.15) is 0 Å². The number of carbonyl (C=O) groups excluding carboxylic acids is 2. The molecule has 0 atom stereocenters. The van der Waals surface area contributed by atoms with Crippen LogP contribution >= 0.6 is 21.6 Å². The second-order valence-corrected chi connectivity index (χ2v) is 9.02. The highest BCUT2D eigenvalue weighted by atomic mass is 33.1. The summed E-state index contributed by atoms with van der Waals surface area (Å²) in [6, 6.07) is 20.3. The highest BCUT2D eigenvalue weighted by molar-refractivity contribution is 8.76. The fourth-order valence-corrected chi connectivity index (χ4v) is 4.53. The Labute approximate surface area is 175 Å². The summed E-state index contributed by atoms with van der Waals surface area (Å²) >= 11 is 0. The first-order chi connectivity index (χ1) is 13.7. The molecule has 0 bridgehead atoms. The third-order valence-electron chi connectivity index (χ3n) is 4.07. The van der Waals surface area contributed by atoms with E-state index in [0.717, 1.165) is 24.3 Å². The average Bonchev–Trinajstić information content (AvgIpc) is 2.72. The lowest BCUT2D eigenvalue weighted by molar-refractivity contribution is -0.121. The van der Waals surface area contributed by atoms with Crippen LogP contribution in [0.15, 0.2) is 60.7 Å². The van der Waals surface area contributed by atoms with Gasteiger partial charge < -0.3 is 10.6 Å². The molecule has 0 fully saturated rings. The summed E-state index contributed by atoms with van der Waals surface area (Å²) in [5.74, 6) is 1.69. The largest absolute Gasteiger partial charge is 0.356 e. The molecule has 2 amide bonds. The van der Waals surface area contributed by atoms with E-state index in [4.69, 9.17) is 0 Å². The maximum Gasteiger partial charge on any atom is 0.220 e. The topological polar surface area (TPSA) is 58.2 Å². The van der Waals surface area contributed by atoms with E-state index < -0.39 is 0 Å². The summed E-state index contributed by atoms with van der Waals surface area (Å²) in [5.41, 5.74) is 2.46. The quantitative estimate of drug-likeness (QED) is 0.384. The zero-order valence-electron chi connectivity index (χ0n) is 16.1. The van der Waals surface area contributed by atoms with Gasteiger partial charge in [0, 0.05) is 37.4 Å². The van der Waals surface area contributed by atoms with Gasteiger partial charge in [-0.3, -0.25) is 9.59 Å². The first-order valence-electron chi connectivity index (χ1n) is 9.59. The lowest BCUT2D eigenvalue weighted by Crippen LogP contribution is -2.26. The molecule has 0 unspecified atom stereocenters. The minimum absolute atomic E-state index is 0.0858.